The topological polar surface area (TPSA) is 41.6 Å². The molecule has 1 aromatic rings. The van der Waals surface area contributed by atoms with Gasteiger partial charge in [-0.3, -0.25) is 4.79 Å². The zero-order valence-corrected chi connectivity index (χ0v) is 15.8. The largest absolute Gasteiger partial charge is 0.374 e. The highest BCUT2D eigenvalue weighted by molar-refractivity contribution is 5.87. The van der Waals surface area contributed by atoms with Crippen LogP contribution >= 0.6 is 0 Å². The van der Waals surface area contributed by atoms with Crippen LogP contribution in [0.5, 0.6) is 0 Å². The Labute approximate surface area is 151 Å². The predicted molar refractivity (Wildman–Crippen MR) is 102 cm³/mol. The summed E-state index contributed by atoms with van der Waals surface area (Å²) in [6, 6.07) is 8.49. The Kier molecular flexibility index (Phi) is 6.00. The normalized spacial score (nSPS) is 27.1. The molecule has 3 rings (SSSR count). The van der Waals surface area contributed by atoms with Crippen LogP contribution in [0.15, 0.2) is 24.3 Å². The van der Waals surface area contributed by atoms with Crippen molar-refractivity contribution in [1.82, 2.24) is 4.90 Å². The minimum Gasteiger partial charge on any atom is -0.374 e. The van der Waals surface area contributed by atoms with E-state index >= 15 is 0 Å². The summed E-state index contributed by atoms with van der Waals surface area (Å²) in [4.78, 5) is 14.4. The number of hydrogen-bond acceptors (Lipinski definition) is 3. The van der Waals surface area contributed by atoms with Gasteiger partial charge in [0.1, 0.15) is 6.04 Å². The third kappa shape index (κ3) is 4.75. The van der Waals surface area contributed by atoms with Crippen LogP contribution in [-0.2, 0) is 16.1 Å². The second-order valence-corrected chi connectivity index (χ2v) is 8.02. The quantitative estimate of drug-likeness (QED) is 0.841. The zero-order chi connectivity index (χ0) is 17.8. The number of benzene rings is 1. The van der Waals surface area contributed by atoms with E-state index < -0.39 is 0 Å². The molecule has 1 N–H and O–H groups in total. The number of nitrogens with one attached hydrogen (secondary N) is 1. The van der Waals surface area contributed by atoms with Crippen LogP contribution in [0.1, 0.15) is 58.4 Å². The summed E-state index contributed by atoms with van der Waals surface area (Å²) >= 11 is 0. The molecule has 4 heteroatoms. The fraction of sp³-hybridized carbons (Fsp3) is 0.667. The van der Waals surface area contributed by atoms with Crippen molar-refractivity contribution in [3.05, 3.63) is 29.8 Å². The van der Waals surface area contributed by atoms with E-state index in [1.165, 1.54) is 31.2 Å². The Balaban J connectivity index is 1.54. The van der Waals surface area contributed by atoms with Crippen LogP contribution in [0.4, 0.5) is 5.69 Å². The standard InChI is InChI=1S/C21H32N2O2/c1-15(2)23-11-10-20(21(23)24)22-18-8-5-7-17(13-18)14-25-19-9-4-6-16(3)12-19/h5,7-8,13,15-16,19-20,22H,4,6,9-12,14H2,1-3H3/t16-,19+,20+/m1/s1. The molecule has 138 valence electrons. The average Bonchev–Trinajstić information content (AvgIpc) is 2.94. The summed E-state index contributed by atoms with van der Waals surface area (Å²) in [7, 11) is 0. The van der Waals surface area contributed by atoms with Crippen LogP contribution in [-0.4, -0.2) is 35.5 Å². The van der Waals surface area contributed by atoms with Crippen LogP contribution in [0.3, 0.4) is 0 Å². The lowest BCUT2D eigenvalue weighted by Crippen LogP contribution is -2.37. The Morgan fingerprint density at radius 1 is 1.28 bits per heavy atom. The van der Waals surface area contributed by atoms with Gasteiger partial charge in [-0.15, -0.1) is 0 Å². The molecule has 3 atom stereocenters. The number of rotatable bonds is 6. The molecule has 0 radical (unpaired) electrons. The average molecular weight is 344 g/mol. The van der Waals surface area contributed by atoms with E-state index in [1.54, 1.807) is 0 Å². The molecule has 25 heavy (non-hydrogen) atoms. The van der Waals surface area contributed by atoms with E-state index in [2.05, 4.69) is 38.2 Å². The first kappa shape index (κ1) is 18.2. The molecule has 1 aromatic carbocycles. The van der Waals surface area contributed by atoms with E-state index in [9.17, 15) is 4.79 Å². The Morgan fingerprint density at radius 2 is 2.12 bits per heavy atom. The molecule has 2 fully saturated rings. The van der Waals surface area contributed by atoms with Gasteiger partial charge in [0.05, 0.1) is 12.7 Å². The third-order valence-corrected chi connectivity index (χ3v) is 5.51. The van der Waals surface area contributed by atoms with Gasteiger partial charge in [-0.1, -0.05) is 31.9 Å². The van der Waals surface area contributed by atoms with Gasteiger partial charge in [-0.05, 0) is 56.7 Å². The smallest absolute Gasteiger partial charge is 0.245 e. The maximum atomic E-state index is 12.4. The molecule has 0 spiro atoms. The SMILES string of the molecule is CC(C)N1CC[C@H](Nc2cccc(CO[C@H]3CCC[C@@H](C)C3)c2)C1=O. The van der Waals surface area contributed by atoms with E-state index in [0.717, 1.165) is 24.6 Å². The van der Waals surface area contributed by atoms with Gasteiger partial charge in [-0.25, -0.2) is 0 Å². The number of hydrogen-bond donors (Lipinski definition) is 1. The first-order valence-electron chi connectivity index (χ1n) is 9.80. The summed E-state index contributed by atoms with van der Waals surface area (Å²) in [5, 5.41) is 3.41. The molecule has 0 aromatic heterocycles. The molecule has 2 aliphatic rings. The molecular weight excluding hydrogens is 312 g/mol. The lowest BCUT2D eigenvalue weighted by molar-refractivity contribution is -0.129. The van der Waals surface area contributed by atoms with E-state index in [1.807, 2.05) is 17.0 Å². The highest BCUT2D eigenvalue weighted by atomic mass is 16.5. The summed E-state index contributed by atoms with van der Waals surface area (Å²) < 4.78 is 6.13. The van der Waals surface area contributed by atoms with Crippen molar-refractivity contribution < 1.29 is 9.53 Å². The monoisotopic (exact) mass is 344 g/mol. The minimum atomic E-state index is -0.0993. The van der Waals surface area contributed by atoms with Crippen molar-refractivity contribution in [3.63, 3.8) is 0 Å². The van der Waals surface area contributed by atoms with Crippen molar-refractivity contribution in [2.24, 2.45) is 5.92 Å². The Bertz CT molecular complexity index is 587. The number of likely N-dealkylation sites (tertiary alicyclic amines) is 1. The van der Waals surface area contributed by atoms with Crippen molar-refractivity contribution in [2.75, 3.05) is 11.9 Å². The van der Waals surface area contributed by atoms with E-state index in [-0.39, 0.29) is 18.0 Å². The number of amides is 1. The van der Waals surface area contributed by atoms with Gasteiger partial charge in [0.15, 0.2) is 0 Å². The number of carbonyl (C=O) groups excluding carboxylic acids is 1. The Hall–Kier alpha value is -1.55. The lowest BCUT2D eigenvalue weighted by atomic mass is 9.89. The molecule has 1 saturated heterocycles. The van der Waals surface area contributed by atoms with Gasteiger partial charge in [0.2, 0.25) is 5.91 Å². The number of carbonyl (C=O) groups is 1. The maximum absolute atomic E-state index is 12.4. The molecule has 1 heterocycles. The fourth-order valence-electron chi connectivity index (χ4n) is 4.04. The fourth-order valence-corrected chi connectivity index (χ4v) is 4.04. The second-order valence-electron chi connectivity index (χ2n) is 8.02. The van der Waals surface area contributed by atoms with Crippen LogP contribution in [0.25, 0.3) is 0 Å². The van der Waals surface area contributed by atoms with Gasteiger partial charge in [-0.2, -0.15) is 0 Å². The highest BCUT2D eigenvalue weighted by Crippen LogP contribution is 2.27. The highest BCUT2D eigenvalue weighted by Gasteiger charge is 2.32. The molecule has 1 aliphatic carbocycles. The molecule has 1 amide bonds. The van der Waals surface area contributed by atoms with Crippen molar-refractivity contribution in [1.29, 1.82) is 0 Å². The molecule has 4 nitrogen and oxygen atoms in total. The van der Waals surface area contributed by atoms with Gasteiger partial charge in [0.25, 0.3) is 0 Å². The van der Waals surface area contributed by atoms with Crippen LogP contribution < -0.4 is 5.32 Å². The molecule has 1 aliphatic heterocycles. The lowest BCUT2D eigenvalue weighted by Gasteiger charge is -2.27. The maximum Gasteiger partial charge on any atom is 0.245 e. The summed E-state index contributed by atoms with van der Waals surface area (Å²) in [6.07, 6.45) is 6.25. The van der Waals surface area contributed by atoms with E-state index in [0.29, 0.717) is 12.7 Å². The molecule has 0 unspecified atom stereocenters. The predicted octanol–water partition coefficient (Wildman–Crippen LogP) is 4.20. The van der Waals surface area contributed by atoms with Crippen molar-refractivity contribution >= 4 is 11.6 Å². The van der Waals surface area contributed by atoms with Crippen molar-refractivity contribution in [3.8, 4) is 0 Å². The van der Waals surface area contributed by atoms with Crippen molar-refractivity contribution in [2.45, 2.75) is 77.7 Å². The van der Waals surface area contributed by atoms with Gasteiger partial charge < -0.3 is 15.0 Å². The summed E-state index contributed by atoms with van der Waals surface area (Å²) in [6.45, 7) is 7.97. The number of nitrogens with zero attached hydrogens (tertiary/aromatic N) is 1. The third-order valence-electron chi connectivity index (χ3n) is 5.51. The number of ether oxygens (including phenoxy) is 1. The molecule has 1 saturated carbocycles. The van der Waals surface area contributed by atoms with Crippen LogP contribution in [0.2, 0.25) is 0 Å². The minimum absolute atomic E-state index is 0.0993. The van der Waals surface area contributed by atoms with Crippen LogP contribution in [0, 0.1) is 5.92 Å². The Morgan fingerprint density at radius 3 is 2.84 bits per heavy atom. The zero-order valence-electron chi connectivity index (χ0n) is 15.8. The second kappa shape index (κ2) is 8.22. The first-order chi connectivity index (χ1) is 12.0. The van der Waals surface area contributed by atoms with E-state index in [4.69, 9.17) is 4.74 Å². The molecule has 0 bridgehead atoms. The number of anilines is 1. The van der Waals surface area contributed by atoms with Gasteiger partial charge in [0, 0.05) is 18.3 Å². The molecular formula is C21H32N2O2. The first-order valence-corrected chi connectivity index (χ1v) is 9.80. The van der Waals surface area contributed by atoms with Gasteiger partial charge >= 0.3 is 0 Å². The summed E-state index contributed by atoms with van der Waals surface area (Å²) in [5.74, 6) is 0.997. The summed E-state index contributed by atoms with van der Waals surface area (Å²) in [5.41, 5.74) is 2.19.